The maximum absolute atomic E-state index is 12.1. The highest BCUT2D eigenvalue weighted by Gasteiger charge is 2.48. The Morgan fingerprint density at radius 1 is 1.20 bits per heavy atom. The Balaban J connectivity index is 0.00000200. The van der Waals surface area contributed by atoms with Gasteiger partial charge in [0.2, 0.25) is 17.7 Å². The molecule has 2 rings (SSSR count). The monoisotopic (exact) mass is 303 g/mol. The first-order chi connectivity index (χ1) is 9.15. The maximum Gasteiger partial charge on any atom is 0.240 e. The lowest BCUT2D eigenvalue weighted by atomic mass is 9.81. The van der Waals surface area contributed by atoms with Crippen molar-refractivity contribution in [1.29, 1.82) is 0 Å². The lowest BCUT2D eigenvalue weighted by molar-refractivity contribution is -0.143. The second-order valence-electron chi connectivity index (χ2n) is 5.25. The smallest absolute Gasteiger partial charge is 0.240 e. The minimum absolute atomic E-state index is 0. The standard InChI is InChI=1S/C13H21N3O3.ClH/c14-6-3-7-15-11(17)8-16-12(18)9-4-1-2-5-10(9)13(16)19;/h9-10H,1-8,14H2,(H,15,17);1H. The molecule has 2 fully saturated rings. The fourth-order valence-corrected chi connectivity index (χ4v) is 2.92. The van der Waals surface area contributed by atoms with E-state index >= 15 is 0 Å². The van der Waals surface area contributed by atoms with E-state index in [0.29, 0.717) is 19.5 Å². The molecule has 114 valence electrons. The van der Waals surface area contributed by atoms with Crippen molar-refractivity contribution in [3.8, 4) is 0 Å². The van der Waals surface area contributed by atoms with Gasteiger partial charge in [0.1, 0.15) is 6.54 Å². The van der Waals surface area contributed by atoms with E-state index in [9.17, 15) is 14.4 Å². The molecular weight excluding hydrogens is 282 g/mol. The Kier molecular flexibility index (Phi) is 6.42. The summed E-state index contributed by atoms with van der Waals surface area (Å²) in [7, 11) is 0. The van der Waals surface area contributed by atoms with Gasteiger partial charge in [-0.1, -0.05) is 12.8 Å². The van der Waals surface area contributed by atoms with Crippen molar-refractivity contribution in [2.24, 2.45) is 17.6 Å². The van der Waals surface area contributed by atoms with E-state index in [1.54, 1.807) is 0 Å². The summed E-state index contributed by atoms with van der Waals surface area (Å²) in [6, 6.07) is 0. The third-order valence-corrected chi connectivity index (χ3v) is 3.94. The Labute approximate surface area is 124 Å². The highest BCUT2D eigenvalue weighted by Crippen LogP contribution is 2.37. The number of amides is 3. The highest BCUT2D eigenvalue weighted by molar-refractivity contribution is 6.07. The second kappa shape index (κ2) is 7.59. The molecule has 20 heavy (non-hydrogen) atoms. The molecule has 1 aliphatic carbocycles. The first-order valence-corrected chi connectivity index (χ1v) is 6.97. The van der Waals surface area contributed by atoms with Crippen LogP contribution in [0.15, 0.2) is 0 Å². The van der Waals surface area contributed by atoms with Gasteiger partial charge in [0.05, 0.1) is 11.8 Å². The number of carbonyl (C=O) groups is 3. The average molecular weight is 304 g/mol. The van der Waals surface area contributed by atoms with Crippen LogP contribution in [0.25, 0.3) is 0 Å². The molecule has 0 aromatic heterocycles. The van der Waals surface area contributed by atoms with Crippen LogP contribution in [0.1, 0.15) is 32.1 Å². The van der Waals surface area contributed by atoms with E-state index in [1.807, 2.05) is 0 Å². The van der Waals surface area contributed by atoms with Gasteiger partial charge in [0, 0.05) is 6.54 Å². The number of imide groups is 1. The van der Waals surface area contributed by atoms with Crippen LogP contribution in [-0.2, 0) is 14.4 Å². The molecule has 2 aliphatic rings. The summed E-state index contributed by atoms with van der Waals surface area (Å²) in [6.45, 7) is 0.847. The van der Waals surface area contributed by atoms with E-state index in [-0.39, 0.29) is 48.5 Å². The van der Waals surface area contributed by atoms with Gasteiger partial charge in [0.15, 0.2) is 0 Å². The summed E-state index contributed by atoms with van der Waals surface area (Å²) >= 11 is 0. The molecule has 3 amide bonds. The topological polar surface area (TPSA) is 92.5 Å². The first kappa shape index (κ1) is 16.9. The molecule has 0 spiro atoms. The van der Waals surface area contributed by atoms with Crippen LogP contribution < -0.4 is 11.1 Å². The minimum atomic E-state index is -0.284. The summed E-state index contributed by atoms with van der Waals surface area (Å²) in [5.74, 6) is -0.975. The zero-order valence-corrected chi connectivity index (χ0v) is 12.3. The van der Waals surface area contributed by atoms with Crippen molar-refractivity contribution in [3.63, 3.8) is 0 Å². The number of hydrogen-bond donors (Lipinski definition) is 2. The zero-order valence-electron chi connectivity index (χ0n) is 11.5. The molecule has 1 aliphatic heterocycles. The number of carbonyl (C=O) groups excluding carboxylic acids is 3. The number of nitrogens with zero attached hydrogens (tertiary/aromatic N) is 1. The fraction of sp³-hybridized carbons (Fsp3) is 0.769. The van der Waals surface area contributed by atoms with Crippen molar-refractivity contribution in [3.05, 3.63) is 0 Å². The summed E-state index contributed by atoms with van der Waals surface area (Å²) < 4.78 is 0. The van der Waals surface area contributed by atoms with Gasteiger partial charge < -0.3 is 11.1 Å². The molecule has 7 heteroatoms. The van der Waals surface area contributed by atoms with E-state index in [0.717, 1.165) is 30.6 Å². The van der Waals surface area contributed by atoms with E-state index in [2.05, 4.69) is 5.32 Å². The number of halogens is 1. The molecule has 0 bridgehead atoms. The molecule has 1 saturated heterocycles. The third-order valence-electron chi connectivity index (χ3n) is 3.94. The van der Waals surface area contributed by atoms with Gasteiger partial charge in [0.25, 0.3) is 0 Å². The van der Waals surface area contributed by atoms with E-state index < -0.39 is 0 Å². The van der Waals surface area contributed by atoms with Crippen LogP contribution in [0.2, 0.25) is 0 Å². The third kappa shape index (κ3) is 3.49. The van der Waals surface area contributed by atoms with Gasteiger partial charge in [-0.3, -0.25) is 19.3 Å². The molecule has 0 radical (unpaired) electrons. The summed E-state index contributed by atoms with van der Waals surface area (Å²) in [4.78, 5) is 37.1. The average Bonchev–Trinajstić information content (AvgIpc) is 2.65. The van der Waals surface area contributed by atoms with Crippen molar-refractivity contribution in [1.82, 2.24) is 10.2 Å². The van der Waals surface area contributed by atoms with Crippen molar-refractivity contribution in [2.45, 2.75) is 32.1 Å². The number of nitrogens with one attached hydrogen (secondary N) is 1. The Morgan fingerprint density at radius 2 is 1.75 bits per heavy atom. The van der Waals surface area contributed by atoms with Crippen molar-refractivity contribution in [2.75, 3.05) is 19.6 Å². The molecule has 2 atom stereocenters. The van der Waals surface area contributed by atoms with Gasteiger partial charge in [-0.05, 0) is 25.8 Å². The van der Waals surface area contributed by atoms with Gasteiger partial charge in [-0.15, -0.1) is 12.4 Å². The minimum Gasteiger partial charge on any atom is -0.354 e. The van der Waals surface area contributed by atoms with Crippen molar-refractivity contribution < 1.29 is 14.4 Å². The molecular formula is C13H22ClN3O3. The van der Waals surface area contributed by atoms with Gasteiger partial charge in [-0.25, -0.2) is 0 Å². The van der Waals surface area contributed by atoms with Crippen LogP contribution >= 0.6 is 12.4 Å². The quantitative estimate of drug-likeness (QED) is 0.554. The summed E-state index contributed by atoms with van der Waals surface area (Å²) in [6.07, 6.45) is 4.24. The summed E-state index contributed by atoms with van der Waals surface area (Å²) in [5, 5.41) is 2.67. The lowest BCUT2D eigenvalue weighted by Crippen LogP contribution is -2.41. The van der Waals surface area contributed by atoms with Crippen LogP contribution in [0.5, 0.6) is 0 Å². The number of fused-ring (bicyclic) bond motifs is 1. The Bertz CT molecular complexity index is 365. The number of rotatable bonds is 5. The van der Waals surface area contributed by atoms with E-state index in [1.165, 1.54) is 0 Å². The SMILES string of the molecule is Cl.NCCCNC(=O)CN1C(=O)C2CCCCC2C1=O. The normalized spacial score (nSPS) is 25.1. The maximum atomic E-state index is 12.1. The zero-order chi connectivity index (χ0) is 13.8. The van der Waals surface area contributed by atoms with Gasteiger partial charge in [-0.2, -0.15) is 0 Å². The van der Waals surface area contributed by atoms with Gasteiger partial charge >= 0.3 is 0 Å². The van der Waals surface area contributed by atoms with Crippen LogP contribution in [0.3, 0.4) is 0 Å². The number of nitrogens with two attached hydrogens (primary N) is 1. The molecule has 1 heterocycles. The fourth-order valence-electron chi connectivity index (χ4n) is 2.92. The number of likely N-dealkylation sites (tertiary alicyclic amines) is 1. The largest absolute Gasteiger partial charge is 0.354 e. The molecule has 0 aromatic rings. The highest BCUT2D eigenvalue weighted by atomic mass is 35.5. The van der Waals surface area contributed by atoms with Crippen molar-refractivity contribution >= 4 is 30.1 Å². The number of hydrogen-bond acceptors (Lipinski definition) is 4. The molecule has 0 aromatic carbocycles. The van der Waals surface area contributed by atoms with Crippen LogP contribution in [-0.4, -0.2) is 42.3 Å². The Morgan fingerprint density at radius 3 is 2.25 bits per heavy atom. The Hall–Kier alpha value is -1.14. The molecule has 3 N–H and O–H groups in total. The van der Waals surface area contributed by atoms with Crippen LogP contribution in [0, 0.1) is 11.8 Å². The second-order valence-corrected chi connectivity index (χ2v) is 5.25. The summed E-state index contributed by atoms with van der Waals surface area (Å²) in [5.41, 5.74) is 5.33. The predicted octanol–water partition coefficient (Wildman–Crippen LogP) is 0.0484. The molecule has 6 nitrogen and oxygen atoms in total. The molecule has 2 unspecified atom stereocenters. The predicted molar refractivity (Wildman–Crippen MR) is 76.1 cm³/mol. The van der Waals surface area contributed by atoms with E-state index in [4.69, 9.17) is 5.73 Å². The molecule has 1 saturated carbocycles. The lowest BCUT2D eigenvalue weighted by Gasteiger charge is -2.19. The van der Waals surface area contributed by atoms with Crippen LogP contribution in [0.4, 0.5) is 0 Å². The first-order valence-electron chi connectivity index (χ1n) is 6.97.